The van der Waals surface area contributed by atoms with Crippen LogP contribution >= 0.6 is 12.2 Å². The molecule has 0 bridgehead atoms. The van der Waals surface area contributed by atoms with Gasteiger partial charge in [0, 0.05) is 56.2 Å². The molecule has 43 heavy (non-hydrogen) atoms. The summed E-state index contributed by atoms with van der Waals surface area (Å²) in [6.07, 6.45) is 5.63. The van der Waals surface area contributed by atoms with Gasteiger partial charge in [-0.05, 0) is 46.5 Å². The van der Waals surface area contributed by atoms with E-state index in [0.29, 0.717) is 24.7 Å². The summed E-state index contributed by atoms with van der Waals surface area (Å²) in [5.41, 5.74) is 2.88. The molecule has 0 radical (unpaired) electrons. The lowest BCUT2D eigenvalue weighted by Crippen LogP contribution is -2.50. The maximum atomic E-state index is 13.4. The topological polar surface area (TPSA) is 105 Å². The molecule has 0 saturated heterocycles. The number of unbranched alkanes of at least 4 members (excludes halogenated alkanes) is 1. The van der Waals surface area contributed by atoms with Gasteiger partial charge in [0.05, 0.1) is 17.7 Å². The van der Waals surface area contributed by atoms with Crippen molar-refractivity contribution in [2.75, 3.05) is 13.1 Å². The number of carbonyl (C=O) groups excluding carboxylic acids is 1. The number of imidazole rings is 1. The molecular weight excluding hydrogens is 560 g/mol. The standard InChI is InChI=1S/C33H40N6O3S/c1-4-5-17-35-33(43)37(21-27-11-8-10-26-9-6-7-12-30(26)27)22-31(24(2)3)36-32(40)18-29-19-34-23-38(29)20-25-13-15-28(16-14-25)39(41)42/h6-16,19,23-24,31H,4-5,17-18,20-22H2,1-3H3,(H,35,43)(H,36,40)/t31-/m1/s1. The first-order valence-corrected chi connectivity index (χ1v) is 15.2. The first-order valence-electron chi connectivity index (χ1n) is 14.8. The summed E-state index contributed by atoms with van der Waals surface area (Å²) in [5.74, 6) is 0.0709. The molecule has 9 nitrogen and oxygen atoms in total. The average molecular weight is 601 g/mol. The number of amides is 1. The summed E-state index contributed by atoms with van der Waals surface area (Å²) < 4.78 is 1.89. The molecule has 1 atom stereocenters. The molecule has 1 aromatic heterocycles. The van der Waals surface area contributed by atoms with E-state index in [1.807, 2.05) is 10.6 Å². The van der Waals surface area contributed by atoms with Gasteiger partial charge in [0.2, 0.25) is 5.91 Å². The second kappa shape index (κ2) is 15.2. The molecule has 0 aliphatic carbocycles. The maximum Gasteiger partial charge on any atom is 0.269 e. The Morgan fingerprint density at radius 1 is 1.09 bits per heavy atom. The minimum Gasteiger partial charge on any atom is -0.363 e. The Kier molecular flexibility index (Phi) is 11.2. The third-order valence-corrected chi connectivity index (χ3v) is 7.95. The number of non-ortho nitro benzene ring substituents is 1. The van der Waals surface area contributed by atoms with Gasteiger partial charge in [-0.25, -0.2) is 4.98 Å². The van der Waals surface area contributed by atoms with Crippen LogP contribution in [0.4, 0.5) is 5.69 Å². The first kappa shape index (κ1) is 31.6. The van der Waals surface area contributed by atoms with E-state index < -0.39 is 4.92 Å². The normalized spacial score (nSPS) is 11.8. The molecule has 4 aromatic rings. The van der Waals surface area contributed by atoms with Crippen molar-refractivity contribution < 1.29 is 9.72 Å². The van der Waals surface area contributed by atoms with Crippen LogP contribution < -0.4 is 10.6 Å². The van der Waals surface area contributed by atoms with E-state index in [9.17, 15) is 14.9 Å². The molecular formula is C33H40N6O3S. The highest BCUT2D eigenvalue weighted by atomic mass is 32.1. The second-order valence-corrected chi connectivity index (χ2v) is 11.5. The monoisotopic (exact) mass is 600 g/mol. The van der Waals surface area contributed by atoms with Crippen molar-refractivity contribution in [2.24, 2.45) is 5.92 Å². The van der Waals surface area contributed by atoms with E-state index in [-0.39, 0.29) is 30.0 Å². The second-order valence-electron chi connectivity index (χ2n) is 11.1. The van der Waals surface area contributed by atoms with Gasteiger partial charge >= 0.3 is 0 Å². The number of hydrogen-bond acceptors (Lipinski definition) is 5. The van der Waals surface area contributed by atoms with Crippen LogP contribution in [0.5, 0.6) is 0 Å². The number of carbonyl (C=O) groups is 1. The number of thiocarbonyl (C=S) groups is 1. The largest absolute Gasteiger partial charge is 0.363 e. The minimum atomic E-state index is -0.418. The fraction of sp³-hybridized carbons (Fsp3) is 0.364. The lowest BCUT2D eigenvalue weighted by Gasteiger charge is -2.33. The van der Waals surface area contributed by atoms with Gasteiger partial charge in [0.1, 0.15) is 0 Å². The summed E-state index contributed by atoms with van der Waals surface area (Å²) >= 11 is 5.88. The van der Waals surface area contributed by atoms with E-state index in [2.05, 4.69) is 77.7 Å². The number of aromatic nitrogens is 2. The number of rotatable bonds is 14. The zero-order valence-corrected chi connectivity index (χ0v) is 25.8. The molecule has 0 fully saturated rings. The lowest BCUT2D eigenvalue weighted by molar-refractivity contribution is -0.384. The lowest BCUT2D eigenvalue weighted by atomic mass is 10.0. The van der Waals surface area contributed by atoms with Gasteiger partial charge in [-0.2, -0.15) is 0 Å². The van der Waals surface area contributed by atoms with Crippen LogP contribution in [0.15, 0.2) is 79.3 Å². The number of hydrogen-bond donors (Lipinski definition) is 2. The van der Waals surface area contributed by atoms with Crippen LogP contribution in [0, 0.1) is 16.0 Å². The van der Waals surface area contributed by atoms with E-state index in [1.54, 1.807) is 24.7 Å². The minimum absolute atomic E-state index is 0.0447. The number of nitrogens with one attached hydrogen (secondary N) is 2. The summed E-state index contributed by atoms with van der Waals surface area (Å²) in [6, 6.07) is 20.9. The molecule has 4 rings (SSSR count). The fourth-order valence-electron chi connectivity index (χ4n) is 4.98. The number of nitrogens with zero attached hydrogens (tertiary/aromatic N) is 4. The van der Waals surface area contributed by atoms with Crippen molar-refractivity contribution >= 4 is 39.7 Å². The van der Waals surface area contributed by atoms with E-state index in [4.69, 9.17) is 12.2 Å². The number of nitro benzene ring substituents is 1. The number of nitro groups is 1. The predicted octanol–water partition coefficient (Wildman–Crippen LogP) is 5.85. The van der Waals surface area contributed by atoms with Gasteiger partial charge in [0.25, 0.3) is 5.69 Å². The summed E-state index contributed by atoms with van der Waals surface area (Å²) in [4.78, 5) is 30.3. The third kappa shape index (κ3) is 8.84. The van der Waals surface area contributed by atoms with Gasteiger partial charge in [-0.1, -0.05) is 81.8 Å². The van der Waals surface area contributed by atoms with E-state index >= 15 is 0 Å². The molecule has 1 heterocycles. The quantitative estimate of drug-likeness (QED) is 0.0809. The van der Waals surface area contributed by atoms with Crippen LogP contribution in [-0.4, -0.2) is 49.5 Å². The molecule has 0 aliphatic heterocycles. The van der Waals surface area contributed by atoms with Crippen LogP contribution in [0.1, 0.15) is 50.4 Å². The van der Waals surface area contributed by atoms with Crippen LogP contribution in [0.2, 0.25) is 0 Å². The zero-order valence-electron chi connectivity index (χ0n) is 25.0. The van der Waals surface area contributed by atoms with Crippen molar-refractivity contribution in [1.82, 2.24) is 25.1 Å². The van der Waals surface area contributed by atoms with Crippen molar-refractivity contribution in [3.05, 3.63) is 106 Å². The Bertz CT molecular complexity index is 1530. The van der Waals surface area contributed by atoms with Crippen LogP contribution in [0.25, 0.3) is 10.8 Å². The van der Waals surface area contributed by atoms with Gasteiger partial charge in [-0.3, -0.25) is 14.9 Å². The van der Waals surface area contributed by atoms with Gasteiger partial charge in [-0.15, -0.1) is 0 Å². The van der Waals surface area contributed by atoms with Crippen molar-refractivity contribution in [3.8, 4) is 0 Å². The predicted molar refractivity (Wildman–Crippen MR) is 175 cm³/mol. The van der Waals surface area contributed by atoms with Crippen LogP contribution in [-0.2, 0) is 24.3 Å². The highest BCUT2D eigenvalue weighted by Gasteiger charge is 2.23. The van der Waals surface area contributed by atoms with Crippen molar-refractivity contribution in [2.45, 2.75) is 59.2 Å². The molecule has 3 aromatic carbocycles. The number of fused-ring (bicyclic) bond motifs is 1. The van der Waals surface area contributed by atoms with Gasteiger partial charge < -0.3 is 20.1 Å². The highest BCUT2D eigenvalue weighted by Crippen LogP contribution is 2.21. The van der Waals surface area contributed by atoms with E-state index in [1.165, 1.54) is 28.5 Å². The Balaban J connectivity index is 1.46. The van der Waals surface area contributed by atoms with Gasteiger partial charge in [0.15, 0.2) is 5.11 Å². The smallest absolute Gasteiger partial charge is 0.269 e. The molecule has 226 valence electrons. The van der Waals surface area contributed by atoms with Crippen LogP contribution in [0.3, 0.4) is 0 Å². The summed E-state index contributed by atoms with van der Waals surface area (Å²) in [7, 11) is 0. The Labute approximate surface area is 258 Å². The highest BCUT2D eigenvalue weighted by molar-refractivity contribution is 7.80. The Morgan fingerprint density at radius 2 is 1.84 bits per heavy atom. The number of benzene rings is 3. The average Bonchev–Trinajstić information content (AvgIpc) is 3.42. The Morgan fingerprint density at radius 3 is 2.56 bits per heavy atom. The molecule has 0 saturated carbocycles. The molecule has 0 spiro atoms. The zero-order chi connectivity index (χ0) is 30.8. The third-order valence-electron chi connectivity index (χ3n) is 7.54. The maximum absolute atomic E-state index is 13.4. The molecule has 10 heteroatoms. The van der Waals surface area contributed by atoms with Crippen molar-refractivity contribution in [3.63, 3.8) is 0 Å². The van der Waals surface area contributed by atoms with Crippen molar-refractivity contribution in [1.29, 1.82) is 0 Å². The van der Waals surface area contributed by atoms with E-state index in [0.717, 1.165) is 30.6 Å². The summed E-state index contributed by atoms with van der Waals surface area (Å²) in [6.45, 7) is 8.82. The molecule has 0 unspecified atom stereocenters. The molecule has 1 amide bonds. The first-order chi connectivity index (χ1) is 20.7. The summed E-state index contributed by atoms with van der Waals surface area (Å²) in [5, 5.41) is 20.7. The SMILES string of the molecule is CCCCNC(=S)N(Cc1cccc2ccccc12)C[C@@H](NC(=O)Cc1cncn1Cc1ccc([N+](=O)[O-])cc1)C(C)C. The fourth-order valence-corrected chi connectivity index (χ4v) is 5.22. The Hall–Kier alpha value is -4.31. The molecule has 0 aliphatic rings. The molecule has 2 N–H and O–H groups in total.